The summed E-state index contributed by atoms with van der Waals surface area (Å²) >= 11 is 0. The molecule has 0 aliphatic carbocycles. The molecule has 3 N–H and O–H groups in total. The minimum Gasteiger partial charge on any atom is -0.456 e. The van der Waals surface area contributed by atoms with Gasteiger partial charge in [-0.1, -0.05) is 18.2 Å². The number of ether oxygens (including phenoxy) is 1. The van der Waals surface area contributed by atoms with Crippen LogP contribution in [-0.4, -0.2) is 38.1 Å². The van der Waals surface area contributed by atoms with Gasteiger partial charge in [-0.25, -0.2) is 4.79 Å². The fourth-order valence-corrected chi connectivity index (χ4v) is 1.27. The molecule has 3 amide bonds. The molecule has 0 radical (unpaired) electrons. The van der Waals surface area contributed by atoms with Crippen molar-refractivity contribution >= 4 is 23.6 Å². The zero-order valence-electron chi connectivity index (χ0n) is 11.1. The summed E-state index contributed by atoms with van der Waals surface area (Å²) in [7, 11) is 1.45. The Balaban J connectivity index is 2.15. The van der Waals surface area contributed by atoms with E-state index >= 15 is 0 Å². The number of hydrogen-bond donors (Lipinski definition) is 3. The van der Waals surface area contributed by atoms with Crippen molar-refractivity contribution in [1.82, 2.24) is 10.6 Å². The number of carbonyl (C=O) groups is 3. The van der Waals surface area contributed by atoms with Crippen molar-refractivity contribution in [2.45, 2.75) is 6.42 Å². The lowest BCUT2D eigenvalue weighted by atomic mass is 10.3. The molecule has 0 spiro atoms. The third kappa shape index (κ3) is 6.39. The van der Waals surface area contributed by atoms with Crippen molar-refractivity contribution in [3.8, 4) is 0 Å². The molecular formula is C13H17N3O4. The normalized spacial score (nSPS) is 9.45. The van der Waals surface area contributed by atoms with Crippen LogP contribution in [-0.2, 0) is 14.3 Å². The van der Waals surface area contributed by atoms with Crippen LogP contribution in [0.15, 0.2) is 30.3 Å². The molecule has 0 fully saturated rings. The fraction of sp³-hybridized carbons (Fsp3) is 0.308. The van der Waals surface area contributed by atoms with E-state index < -0.39 is 12.0 Å². The van der Waals surface area contributed by atoms with Crippen LogP contribution in [0.1, 0.15) is 6.42 Å². The summed E-state index contributed by atoms with van der Waals surface area (Å²) in [6, 6.07) is 8.52. The van der Waals surface area contributed by atoms with Crippen molar-refractivity contribution in [2.24, 2.45) is 0 Å². The highest BCUT2D eigenvalue weighted by Crippen LogP contribution is 2.03. The third-order valence-corrected chi connectivity index (χ3v) is 2.29. The van der Waals surface area contributed by atoms with Crippen molar-refractivity contribution in [3.05, 3.63) is 30.3 Å². The Morgan fingerprint density at radius 1 is 1.15 bits per heavy atom. The number of benzene rings is 1. The summed E-state index contributed by atoms with van der Waals surface area (Å²) in [5.74, 6) is -0.929. The van der Waals surface area contributed by atoms with Crippen LogP contribution in [0.5, 0.6) is 0 Å². The number of nitrogens with one attached hydrogen (secondary N) is 3. The van der Waals surface area contributed by atoms with Gasteiger partial charge in [-0.15, -0.1) is 0 Å². The Bertz CT molecular complexity index is 462. The molecule has 0 aromatic heterocycles. The van der Waals surface area contributed by atoms with Crippen LogP contribution in [0.2, 0.25) is 0 Å². The zero-order valence-corrected chi connectivity index (χ0v) is 11.1. The summed E-state index contributed by atoms with van der Waals surface area (Å²) in [6.45, 7) is -0.184. The average molecular weight is 279 g/mol. The molecule has 0 aliphatic heterocycles. The van der Waals surface area contributed by atoms with Crippen LogP contribution in [0.25, 0.3) is 0 Å². The molecule has 7 nitrogen and oxygen atoms in total. The minimum atomic E-state index is -0.548. The predicted octanol–water partition coefficient (Wildman–Crippen LogP) is 0.487. The smallest absolute Gasteiger partial charge is 0.319 e. The van der Waals surface area contributed by atoms with Crippen LogP contribution in [0.3, 0.4) is 0 Å². The highest BCUT2D eigenvalue weighted by molar-refractivity contribution is 5.89. The first-order chi connectivity index (χ1) is 9.61. The van der Waals surface area contributed by atoms with Gasteiger partial charge in [-0.05, 0) is 12.1 Å². The van der Waals surface area contributed by atoms with E-state index in [-0.39, 0.29) is 25.5 Å². The Morgan fingerprint density at radius 3 is 2.50 bits per heavy atom. The van der Waals surface area contributed by atoms with Crippen LogP contribution in [0, 0.1) is 0 Å². The molecule has 1 rings (SSSR count). The Hall–Kier alpha value is -2.57. The van der Waals surface area contributed by atoms with Gasteiger partial charge in [0, 0.05) is 19.3 Å². The SMILES string of the molecule is CNC(=O)COC(=O)CCNC(=O)Nc1ccccc1. The Morgan fingerprint density at radius 2 is 1.85 bits per heavy atom. The van der Waals surface area contributed by atoms with E-state index in [1.54, 1.807) is 24.3 Å². The summed E-state index contributed by atoms with van der Waals surface area (Å²) in [5.41, 5.74) is 0.659. The second-order valence-electron chi connectivity index (χ2n) is 3.83. The third-order valence-electron chi connectivity index (χ3n) is 2.29. The highest BCUT2D eigenvalue weighted by atomic mass is 16.5. The van der Waals surface area contributed by atoms with Crippen molar-refractivity contribution in [2.75, 3.05) is 25.5 Å². The number of carbonyl (C=O) groups excluding carboxylic acids is 3. The van der Waals surface area contributed by atoms with Crippen molar-refractivity contribution in [1.29, 1.82) is 0 Å². The van der Waals surface area contributed by atoms with E-state index in [0.717, 1.165) is 0 Å². The number of hydrogen-bond acceptors (Lipinski definition) is 4. The predicted molar refractivity (Wildman–Crippen MR) is 73.1 cm³/mol. The molecule has 0 aliphatic rings. The maximum Gasteiger partial charge on any atom is 0.319 e. The number of esters is 1. The average Bonchev–Trinajstić information content (AvgIpc) is 2.45. The summed E-state index contributed by atoms with van der Waals surface area (Å²) < 4.78 is 4.67. The molecule has 7 heteroatoms. The van der Waals surface area contributed by atoms with Crippen LogP contribution in [0.4, 0.5) is 10.5 Å². The summed E-state index contributed by atoms with van der Waals surface area (Å²) in [6.07, 6.45) is -0.000790. The first kappa shape index (κ1) is 15.5. The van der Waals surface area contributed by atoms with Gasteiger partial charge in [0.15, 0.2) is 6.61 Å². The maximum atomic E-state index is 11.5. The minimum absolute atomic E-state index is 0.000790. The number of urea groups is 1. The standard InChI is InChI=1S/C13H17N3O4/c1-14-11(17)9-20-12(18)7-8-15-13(19)16-10-5-3-2-4-6-10/h2-6H,7-9H2,1H3,(H,14,17)(H2,15,16,19). The molecule has 0 bridgehead atoms. The molecule has 0 unspecified atom stereocenters. The molecule has 108 valence electrons. The second-order valence-corrected chi connectivity index (χ2v) is 3.83. The van der Waals surface area contributed by atoms with Crippen molar-refractivity contribution in [3.63, 3.8) is 0 Å². The van der Waals surface area contributed by atoms with E-state index in [2.05, 4.69) is 20.7 Å². The van der Waals surface area contributed by atoms with Crippen LogP contribution < -0.4 is 16.0 Å². The van der Waals surface area contributed by atoms with Gasteiger partial charge < -0.3 is 20.7 Å². The van der Waals surface area contributed by atoms with Gasteiger partial charge >= 0.3 is 12.0 Å². The Labute approximate surface area is 116 Å². The molecule has 1 aromatic carbocycles. The largest absolute Gasteiger partial charge is 0.456 e. The number of anilines is 1. The molecule has 20 heavy (non-hydrogen) atoms. The molecule has 0 saturated heterocycles. The maximum absolute atomic E-state index is 11.5. The number of rotatable bonds is 6. The first-order valence-corrected chi connectivity index (χ1v) is 6.08. The lowest BCUT2D eigenvalue weighted by Gasteiger charge is -2.07. The van der Waals surface area contributed by atoms with E-state index in [9.17, 15) is 14.4 Å². The van der Waals surface area contributed by atoms with Gasteiger partial charge in [0.25, 0.3) is 5.91 Å². The van der Waals surface area contributed by atoms with Gasteiger partial charge in [-0.2, -0.15) is 0 Å². The van der Waals surface area contributed by atoms with Crippen LogP contribution >= 0.6 is 0 Å². The Kier molecular flexibility index (Phi) is 6.60. The lowest BCUT2D eigenvalue weighted by Crippen LogP contribution is -2.31. The topological polar surface area (TPSA) is 96.5 Å². The van der Waals surface area contributed by atoms with Gasteiger partial charge in [0.2, 0.25) is 0 Å². The quantitative estimate of drug-likeness (QED) is 0.660. The number of likely N-dealkylation sites (N-methyl/N-ethyl adjacent to an activating group) is 1. The number of amides is 3. The monoisotopic (exact) mass is 279 g/mol. The zero-order chi connectivity index (χ0) is 14.8. The molecular weight excluding hydrogens is 262 g/mol. The fourth-order valence-electron chi connectivity index (χ4n) is 1.27. The van der Waals surface area contributed by atoms with E-state index in [1.807, 2.05) is 6.07 Å². The molecule has 0 saturated carbocycles. The van der Waals surface area contributed by atoms with E-state index in [1.165, 1.54) is 7.05 Å². The van der Waals surface area contributed by atoms with E-state index in [0.29, 0.717) is 5.69 Å². The van der Waals surface area contributed by atoms with Gasteiger partial charge in [0.1, 0.15) is 0 Å². The molecule has 0 heterocycles. The van der Waals surface area contributed by atoms with Gasteiger partial charge in [0.05, 0.1) is 6.42 Å². The summed E-state index contributed by atoms with van der Waals surface area (Å²) in [5, 5.41) is 7.45. The first-order valence-electron chi connectivity index (χ1n) is 6.08. The van der Waals surface area contributed by atoms with E-state index in [4.69, 9.17) is 0 Å². The summed E-state index contributed by atoms with van der Waals surface area (Å²) in [4.78, 5) is 33.5. The van der Waals surface area contributed by atoms with Gasteiger partial charge in [-0.3, -0.25) is 9.59 Å². The molecule has 1 aromatic rings. The lowest BCUT2D eigenvalue weighted by molar-refractivity contribution is -0.148. The molecule has 0 atom stereocenters. The second kappa shape index (κ2) is 8.52. The van der Waals surface area contributed by atoms with Crippen molar-refractivity contribution < 1.29 is 19.1 Å². The number of para-hydroxylation sites is 1. The highest BCUT2D eigenvalue weighted by Gasteiger charge is 2.07.